The molecule has 240 valence electrons. The molecule has 2 aliphatic rings. The number of carboxylic acids is 1. The topological polar surface area (TPSA) is 185 Å². The normalized spacial score (nSPS) is 20.4. The van der Waals surface area contributed by atoms with Gasteiger partial charge in [0.25, 0.3) is 0 Å². The smallest absolute Gasteiger partial charge is 0.416 e. The number of aliphatic carboxylic acids is 1. The van der Waals surface area contributed by atoms with Crippen molar-refractivity contribution in [2.45, 2.75) is 57.3 Å². The average molecular weight is 646 g/mol. The number of likely N-dealkylation sites (tertiary alicyclic amines) is 1. The Balaban J connectivity index is 0.000000583. The van der Waals surface area contributed by atoms with Crippen LogP contribution in [-0.2, 0) is 25.4 Å². The highest BCUT2D eigenvalue weighted by atomic mass is 35.5. The number of carboxylic acid groups (broad SMARTS) is 1. The molecule has 1 aromatic carbocycles. The number of carbonyl (C=O) groups excluding carboxylic acids is 3. The zero-order chi connectivity index (χ0) is 32.8. The van der Waals surface area contributed by atoms with Crippen molar-refractivity contribution in [1.82, 2.24) is 14.9 Å². The highest BCUT2D eigenvalue weighted by molar-refractivity contribution is 6.31. The van der Waals surface area contributed by atoms with Gasteiger partial charge in [-0.15, -0.1) is 0 Å². The number of benzene rings is 1. The van der Waals surface area contributed by atoms with Gasteiger partial charge in [0, 0.05) is 36.8 Å². The molecular weight excluding hydrogens is 614 g/mol. The quantitative estimate of drug-likeness (QED) is 0.311. The third-order valence-corrected chi connectivity index (χ3v) is 7.39. The number of piperidine rings is 2. The largest absolute Gasteiger partial charge is 0.481 e. The van der Waals surface area contributed by atoms with Crippen molar-refractivity contribution in [1.29, 1.82) is 0 Å². The van der Waals surface area contributed by atoms with E-state index in [0.29, 0.717) is 19.4 Å². The third kappa shape index (κ3) is 8.90. The first-order valence-corrected chi connectivity index (χ1v) is 13.9. The Morgan fingerprint density at radius 2 is 1.84 bits per heavy atom. The van der Waals surface area contributed by atoms with Gasteiger partial charge < -0.3 is 36.5 Å². The lowest BCUT2D eigenvalue weighted by Crippen LogP contribution is -2.61. The first kappa shape index (κ1) is 34.3. The van der Waals surface area contributed by atoms with Crippen LogP contribution in [0.4, 0.5) is 34.9 Å². The summed E-state index contributed by atoms with van der Waals surface area (Å²) in [7, 11) is 0. The van der Waals surface area contributed by atoms with Crippen molar-refractivity contribution in [3.8, 4) is 0 Å². The average Bonchev–Trinajstić information content (AvgIpc) is 2.94. The number of rotatable bonds is 8. The fraction of sp³-hybridized carbons (Fsp3) is 0.481. The second kappa shape index (κ2) is 14.5. The number of nitrogens with zero attached hydrogens (tertiary/aromatic N) is 4. The first-order chi connectivity index (χ1) is 20.6. The predicted octanol–water partition coefficient (Wildman–Crippen LogP) is 3.09. The lowest BCUT2D eigenvalue weighted by atomic mass is 9.87. The van der Waals surface area contributed by atoms with Crippen LogP contribution in [0.1, 0.15) is 44.6 Å². The van der Waals surface area contributed by atoms with Crippen molar-refractivity contribution in [2.24, 2.45) is 11.7 Å². The molecule has 0 saturated carbocycles. The van der Waals surface area contributed by atoms with Crippen LogP contribution in [0, 0.1) is 11.7 Å². The molecule has 3 atom stereocenters. The van der Waals surface area contributed by atoms with E-state index in [1.165, 1.54) is 17.9 Å². The summed E-state index contributed by atoms with van der Waals surface area (Å²) >= 11 is 5.87. The standard InChI is InChI=1S/C22H24ClF4N7O2.C5H8O3/c23-12-6-11(22(25,26)27)7-13(8-12)32-15-2-1-4-34(21(15)36)16-9-33(5-3-14(16)19(29)35)20-17(24)18(28)30-10-31-20;1-4(6)2-3-5(7)8/h6-8,10,14-16,32H,1-5,9H2,(H2,29,35)(H2,28,30,31);2-3H2,1H3,(H,7,8)/t14-,15+,16-;/m0./s1. The van der Waals surface area contributed by atoms with E-state index >= 15 is 0 Å². The van der Waals surface area contributed by atoms with E-state index in [-0.39, 0.29) is 60.5 Å². The molecule has 4 rings (SSSR count). The number of nitrogens with one attached hydrogen (secondary N) is 1. The number of nitrogens with two attached hydrogens (primary N) is 2. The van der Waals surface area contributed by atoms with Crippen molar-refractivity contribution in [2.75, 3.05) is 35.6 Å². The van der Waals surface area contributed by atoms with E-state index < -0.39 is 53.3 Å². The molecule has 3 heterocycles. The summed E-state index contributed by atoms with van der Waals surface area (Å²) in [6, 6.07) is 1.44. The van der Waals surface area contributed by atoms with E-state index in [4.69, 9.17) is 28.2 Å². The van der Waals surface area contributed by atoms with Gasteiger partial charge in [0.15, 0.2) is 11.6 Å². The van der Waals surface area contributed by atoms with E-state index in [1.54, 1.807) is 4.90 Å². The molecule has 2 aromatic rings. The van der Waals surface area contributed by atoms with Crippen molar-refractivity contribution >= 4 is 52.5 Å². The number of Topliss-reactive ketones (excluding diaryl/α,β-unsaturated/α-hetero) is 1. The van der Waals surface area contributed by atoms with E-state index in [9.17, 15) is 36.7 Å². The first-order valence-electron chi connectivity index (χ1n) is 13.5. The molecule has 2 fully saturated rings. The molecule has 17 heteroatoms. The Labute approximate surface area is 254 Å². The number of anilines is 3. The zero-order valence-corrected chi connectivity index (χ0v) is 24.4. The molecule has 2 amide bonds. The minimum Gasteiger partial charge on any atom is -0.481 e. The van der Waals surface area contributed by atoms with Crippen molar-refractivity contribution < 1.29 is 41.8 Å². The molecule has 2 saturated heterocycles. The number of halogens is 5. The lowest BCUT2D eigenvalue weighted by Gasteiger charge is -2.46. The van der Waals surface area contributed by atoms with Gasteiger partial charge in [-0.25, -0.2) is 9.97 Å². The van der Waals surface area contributed by atoms with Crippen LogP contribution in [0.25, 0.3) is 0 Å². The Morgan fingerprint density at radius 1 is 1.14 bits per heavy atom. The second-order valence-electron chi connectivity index (χ2n) is 10.4. The van der Waals surface area contributed by atoms with Gasteiger partial charge >= 0.3 is 12.1 Å². The number of alkyl halides is 3. The Hall–Kier alpha value is -4.21. The van der Waals surface area contributed by atoms with Crippen LogP contribution in [0.3, 0.4) is 0 Å². The SMILES string of the molecule is CC(=O)CCC(=O)O.NC(=O)[C@H]1CCN(c2ncnc(N)c2F)C[C@@H]1N1CCC[C@@H](Nc2cc(Cl)cc(C(F)(F)F)c2)C1=O. The number of carbonyl (C=O) groups is 4. The van der Waals surface area contributed by atoms with Crippen LogP contribution in [0.15, 0.2) is 24.5 Å². The van der Waals surface area contributed by atoms with Gasteiger partial charge in [-0.05, 0) is 44.4 Å². The minimum absolute atomic E-state index is 0.0463. The molecule has 2 aliphatic heterocycles. The molecule has 0 spiro atoms. The minimum atomic E-state index is -4.61. The number of ketones is 1. The molecule has 0 aliphatic carbocycles. The maximum absolute atomic E-state index is 14.6. The summed E-state index contributed by atoms with van der Waals surface area (Å²) in [4.78, 5) is 56.2. The molecule has 6 N–H and O–H groups in total. The Bertz CT molecular complexity index is 1380. The van der Waals surface area contributed by atoms with Gasteiger partial charge in [-0.1, -0.05) is 11.6 Å². The molecule has 1 aromatic heterocycles. The molecule has 44 heavy (non-hydrogen) atoms. The molecular formula is C27H32ClF4N7O5. The number of nitrogen functional groups attached to an aromatic ring is 1. The lowest BCUT2D eigenvalue weighted by molar-refractivity contribution is -0.140. The maximum atomic E-state index is 14.6. The van der Waals surface area contributed by atoms with Crippen molar-refractivity contribution in [3.63, 3.8) is 0 Å². The van der Waals surface area contributed by atoms with Crippen LogP contribution in [0.2, 0.25) is 5.02 Å². The third-order valence-electron chi connectivity index (χ3n) is 7.18. The molecule has 0 unspecified atom stereocenters. The number of primary amides is 1. The van der Waals surface area contributed by atoms with E-state index in [2.05, 4.69) is 15.3 Å². The van der Waals surface area contributed by atoms with Gasteiger partial charge in [-0.2, -0.15) is 17.6 Å². The Morgan fingerprint density at radius 3 is 2.43 bits per heavy atom. The maximum Gasteiger partial charge on any atom is 0.416 e. The van der Waals surface area contributed by atoms with E-state index in [0.717, 1.165) is 18.5 Å². The Kier molecular flexibility index (Phi) is 11.3. The van der Waals surface area contributed by atoms with Crippen LogP contribution in [0.5, 0.6) is 0 Å². The summed E-state index contributed by atoms with van der Waals surface area (Å²) in [5.74, 6) is -3.88. The van der Waals surface area contributed by atoms with Crippen LogP contribution >= 0.6 is 11.6 Å². The van der Waals surface area contributed by atoms with Crippen molar-refractivity contribution in [3.05, 3.63) is 40.9 Å². The van der Waals surface area contributed by atoms with Gasteiger partial charge in [0.05, 0.1) is 23.9 Å². The van der Waals surface area contributed by atoms with Gasteiger partial charge in [-0.3, -0.25) is 14.4 Å². The summed E-state index contributed by atoms with van der Waals surface area (Å²) in [5, 5.41) is 10.7. The summed E-state index contributed by atoms with van der Waals surface area (Å²) in [6.07, 6.45) is -2.26. The van der Waals surface area contributed by atoms with Gasteiger partial charge in [0.1, 0.15) is 18.2 Å². The summed E-state index contributed by atoms with van der Waals surface area (Å²) < 4.78 is 54.2. The predicted molar refractivity (Wildman–Crippen MR) is 152 cm³/mol. The highest BCUT2D eigenvalue weighted by Crippen LogP contribution is 2.35. The zero-order valence-electron chi connectivity index (χ0n) is 23.6. The number of amides is 2. The monoisotopic (exact) mass is 645 g/mol. The number of hydrogen-bond acceptors (Lipinski definition) is 9. The number of hydrogen-bond donors (Lipinski definition) is 4. The highest BCUT2D eigenvalue weighted by Gasteiger charge is 2.43. The molecule has 12 nitrogen and oxygen atoms in total. The van der Waals surface area contributed by atoms with Crippen LogP contribution in [-0.4, -0.2) is 75.3 Å². The van der Waals surface area contributed by atoms with Gasteiger partial charge in [0.2, 0.25) is 17.6 Å². The fourth-order valence-electron chi connectivity index (χ4n) is 5.05. The van der Waals surface area contributed by atoms with Crippen LogP contribution < -0.4 is 21.7 Å². The van der Waals surface area contributed by atoms with E-state index in [1.807, 2.05) is 0 Å². The summed E-state index contributed by atoms with van der Waals surface area (Å²) in [6.45, 7) is 2.00. The molecule has 0 bridgehead atoms. The molecule has 0 radical (unpaired) electrons. The fourth-order valence-corrected chi connectivity index (χ4v) is 5.28. The second-order valence-corrected chi connectivity index (χ2v) is 10.8. The number of aromatic nitrogens is 2. The summed E-state index contributed by atoms with van der Waals surface area (Å²) in [5.41, 5.74) is 10.3.